The second-order valence-electron chi connectivity index (χ2n) is 11.3. The van der Waals surface area contributed by atoms with Gasteiger partial charge in [-0.05, 0) is 68.0 Å². The molecule has 2 aromatic carbocycles. The van der Waals surface area contributed by atoms with Gasteiger partial charge < -0.3 is 19.8 Å². The van der Waals surface area contributed by atoms with E-state index in [-0.39, 0.29) is 29.7 Å². The highest BCUT2D eigenvalue weighted by molar-refractivity contribution is 5.94. The van der Waals surface area contributed by atoms with Crippen LogP contribution in [0.3, 0.4) is 0 Å². The number of piperidine rings is 1. The van der Waals surface area contributed by atoms with Crippen molar-refractivity contribution in [2.45, 2.75) is 62.3 Å². The number of hydrogen-bond donors (Lipinski definition) is 2. The predicted molar refractivity (Wildman–Crippen MR) is 141 cm³/mol. The summed E-state index contributed by atoms with van der Waals surface area (Å²) in [6, 6.07) is 11.1. The predicted octanol–water partition coefficient (Wildman–Crippen LogP) is 3.17. The van der Waals surface area contributed by atoms with Crippen LogP contribution in [0.25, 0.3) is 0 Å². The molecule has 6 atom stereocenters. The third-order valence-corrected chi connectivity index (χ3v) is 9.48. The van der Waals surface area contributed by atoms with Crippen LogP contribution in [-0.4, -0.2) is 69.8 Å². The molecule has 192 valence electrons. The smallest absolute Gasteiger partial charge is 0.298 e. The zero-order valence-corrected chi connectivity index (χ0v) is 21.7. The Balaban J connectivity index is 1.43. The number of likely N-dealkylation sites (N-methyl/N-ethyl adjacent to an activating group) is 1. The largest absolute Gasteiger partial charge is 0.504 e. The Morgan fingerprint density at radius 2 is 2.16 bits per heavy atom. The van der Waals surface area contributed by atoms with Gasteiger partial charge in [-0.3, -0.25) is 9.69 Å². The van der Waals surface area contributed by atoms with Crippen LogP contribution in [0.15, 0.2) is 49.1 Å². The number of ether oxygens (including phenoxy) is 1. The number of nitrogens with zero attached hydrogens (tertiary/aromatic N) is 2. The van der Waals surface area contributed by atoms with Crippen molar-refractivity contribution in [2.75, 3.05) is 20.1 Å². The quantitative estimate of drug-likeness (QED) is 0.503. The second kappa shape index (κ2) is 8.37. The van der Waals surface area contributed by atoms with Gasteiger partial charge >= 0.3 is 0 Å². The maximum Gasteiger partial charge on any atom is 0.298 e. The number of aryl methyl sites for hydroxylation is 1. The topological polar surface area (TPSA) is 73.2 Å². The van der Waals surface area contributed by atoms with Crippen LogP contribution in [0.5, 0.6) is 11.5 Å². The number of benzene rings is 2. The summed E-state index contributed by atoms with van der Waals surface area (Å²) >= 11 is 0. The van der Waals surface area contributed by atoms with Gasteiger partial charge in [0, 0.05) is 36.7 Å². The van der Waals surface area contributed by atoms with E-state index in [1.165, 1.54) is 0 Å². The van der Waals surface area contributed by atoms with E-state index in [1.807, 2.05) is 43.3 Å². The molecule has 6 nitrogen and oxygen atoms in total. The van der Waals surface area contributed by atoms with Crippen molar-refractivity contribution in [3.63, 3.8) is 0 Å². The van der Waals surface area contributed by atoms with Gasteiger partial charge in [0.1, 0.15) is 6.10 Å². The van der Waals surface area contributed by atoms with Crippen LogP contribution in [0.2, 0.25) is 0 Å². The summed E-state index contributed by atoms with van der Waals surface area (Å²) in [6.45, 7) is 9.54. The van der Waals surface area contributed by atoms with E-state index in [2.05, 4.69) is 30.2 Å². The Morgan fingerprint density at radius 3 is 2.92 bits per heavy atom. The van der Waals surface area contributed by atoms with Gasteiger partial charge in [-0.2, -0.15) is 0 Å². The molecule has 0 radical (unpaired) electrons. The molecule has 2 fully saturated rings. The molecule has 2 N–H and O–H groups in total. The fourth-order valence-corrected chi connectivity index (χ4v) is 7.87. The average Bonchev–Trinajstić information content (AvgIpc) is 3.23. The highest BCUT2D eigenvalue weighted by Gasteiger charge is 2.75. The standard InChI is InChI=1S/C31H34N2O4/c1-5-14-33-15-13-30-27-22-10-11-24(34)28(27)37-29(30)23(17-20(3)31(30,36)25(33)18-22)32(4)26(35)12-9-21-8-6-7-19(2)16-21/h5-8,10-11,16,20,23,25,29,34,36H,1,13-15,17-18H2,2-4H3/t20-,23-,25+,29-,30-,31+/m0/s1. The number of phenolic OH excluding ortho intramolecular Hbond substituents is 1. The molecular formula is C31H34N2O4. The van der Waals surface area contributed by atoms with E-state index < -0.39 is 17.1 Å². The first-order valence-corrected chi connectivity index (χ1v) is 13.2. The molecule has 0 aromatic heterocycles. The zero-order valence-electron chi connectivity index (χ0n) is 21.7. The summed E-state index contributed by atoms with van der Waals surface area (Å²) in [5.74, 6) is 6.03. The Morgan fingerprint density at radius 1 is 1.35 bits per heavy atom. The third kappa shape index (κ3) is 3.17. The molecule has 6 heteroatoms. The van der Waals surface area contributed by atoms with Crippen molar-refractivity contribution in [1.29, 1.82) is 0 Å². The number of rotatable bonds is 3. The minimum absolute atomic E-state index is 0.0913. The average molecular weight is 499 g/mol. The Kier molecular flexibility index (Phi) is 5.45. The number of carbonyl (C=O) groups is 1. The minimum atomic E-state index is -1.06. The number of hydrogen-bond acceptors (Lipinski definition) is 5. The Bertz CT molecular complexity index is 1360. The van der Waals surface area contributed by atoms with Crippen LogP contribution in [-0.2, 0) is 16.6 Å². The molecule has 1 spiro atoms. The van der Waals surface area contributed by atoms with E-state index >= 15 is 0 Å². The van der Waals surface area contributed by atoms with Crippen LogP contribution < -0.4 is 4.74 Å². The molecule has 0 unspecified atom stereocenters. The van der Waals surface area contributed by atoms with Crippen molar-refractivity contribution in [3.05, 3.63) is 71.3 Å². The molecule has 2 aliphatic heterocycles. The summed E-state index contributed by atoms with van der Waals surface area (Å²) in [6.07, 6.45) is 3.38. The maximum absolute atomic E-state index is 13.4. The number of carbonyl (C=O) groups excluding carboxylic acids is 1. The lowest BCUT2D eigenvalue weighted by Gasteiger charge is -2.66. The fourth-order valence-electron chi connectivity index (χ4n) is 7.87. The van der Waals surface area contributed by atoms with Gasteiger partial charge in [-0.1, -0.05) is 37.1 Å². The van der Waals surface area contributed by atoms with Crippen LogP contribution >= 0.6 is 0 Å². The summed E-state index contributed by atoms with van der Waals surface area (Å²) in [5.41, 5.74) is 2.18. The van der Waals surface area contributed by atoms with Crippen LogP contribution in [0, 0.1) is 24.7 Å². The normalized spacial score (nSPS) is 33.0. The Hall–Kier alpha value is -3.27. The van der Waals surface area contributed by atoms with E-state index in [0.29, 0.717) is 31.6 Å². The van der Waals surface area contributed by atoms with Crippen LogP contribution in [0.1, 0.15) is 42.0 Å². The maximum atomic E-state index is 13.4. The summed E-state index contributed by atoms with van der Waals surface area (Å²) < 4.78 is 6.59. The number of amides is 1. The van der Waals surface area contributed by atoms with Gasteiger partial charge in [-0.25, -0.2) is 0 Å². The molecule has 1 saturated carbocycles. The number of phenols is 1. The molecule has 1 saturated heterocycles. The number of aliphatic hydroxyl groups is 1. The van der Waals surface area contributed by atoms with E-state index in [1.54, 1.807) is 18.0 Å². The molecule has 1 amide bonds. The lowest BCUT2D eigenvalue weighted by Crippen LogP contribution is -2.80. The van der Waals surface area contributed by atoms with Gasteiger partial charge in [0.25, 0.3) is 5.91 Å². The summed E-state index contributed by atoms with van der Waals surface area (Å²) in [5, 5.41) is 23.5. The first kappa shape index (κ1) is 24.1. The Labute approximate surface area is 218 Å². The van der Waals surface area contributed by atoms with Crippen molar-refractivity contribution in [1.82, 2.24) is 9.80 Å². The second-order valence-corrected chi connectivity index (χ2v) is 11.3. The lowest BCUT2D eigenvalue weighted by molar-refractivity contribution is -0.222. The molecule has 2 bridgehead atoms. The number of likely N-dealkylation sites (tertiary alicyclic amines) is 1. The molecule has 6 rings (SSSR count). The highest BCUT2D eigenvalue weighted by Crippen LogP contribution is 2.67. The first-order valence-electron chi connectivity index (χ1n) is 13.2. The van der Waals surface area contributed by atoms with E-state index in [4.69, 9.17) is 4.74 Å². The van der Waals surface area contributed by atoms with Crippen molar-refractivity contribution in [3.8, 4) is 23.3 Å². The monoisotopic (exact) mass is 498 g/mol. The fraction of sp³-hybridized carbons (Fsp3) is 0.452. The summed E-state index contributed by atoms with van der Waals surface area (Å²) in [4.78, 5) is 17.4. The van der Waals surface area contributed by atoms with Gasteiger partial charge in [0.2, 0.25) is 0 Å². The van der Waals surface area contributed by atoms with Gasteiger partial charge in [-0.15, -0.1) is 6.58 Å². The zero-order chi connectivity index (χ0) is 26.1. The van der Waals surface area contributed by atoms with Crippen molar-refractivity contribution < 1.29 is 19.7 Å². The van der Waals surface area contributed by atoms with Crippen LogP contribution in [0.4, 0.5) is 0 Å². The van der Waals surface area contributed by atoms with E-state index in [0.717, 1.165) is 28.8 Å². The summed E-state index contributed by atoms with van der Waals surface area (Å²) in [7, 11) is 1.78. The van der Waals surface area contributed by atoms with Crippen molar-refractivity contribution in [2.24, 2.45) is 5.92 Å². The van der Waals surface area contributed by atoms with E-state index in [9.17, 15) is 15.0 Å². The number of aromatic hydroxyl groups is 1. The SMILES string of the molecule is C=CCN1CC[C@]23c4c5ccc(O)c4O[C@H]2[C@@H](N(C)C(=O)C#Cc2cccc(C)c2)C[C@H](C)[C@@]3(O)[C@H]1C5. The molecule has 2 aliphatic carbocycles. The van der Waals surface area contributed by atoms with Crippen molar-refractivity contribution >= 4 is 5.91 Å². The molecule has 2 aromatic rings. The van der Waals surface area contributed by atoms with Gasteiger partial charge in [0.15, 0.2) is 11.5 Å². The molecule has 4 aliphatic rings. The minimum Gasteiger partial charge on any atom is -0.504 e. The highest BCUT2D eigenvalue weighted by atomic mass is 16.5. The molecular weight excluding hydrogens is 464 g/mol. The first-order chi connectivity index (χ1) is 17.7. The molecule has 2 heterocycles. The lowest BCUT2D eigenvalue weighted by atomic mass is 9.45. The third-order valence-electron chi connectivity index (χ3n) is 9.48. The molecule has 37 heavy (non-hydrogen) atoms. The van der Waals surface area contributed by atoms with Gasteiger partial charge in [0.05, 0.1) is 17.1 Å².